The lowest BCUT2D eigenvalue weighted by atomic mass is 10.1. The van der Waals surface area contributed by atoms with Gasteiger partial charge in [0.2, 0.25) is 5.91 Å². The average molecular weight is 472 g/mol. The third kappa shape index (κ3) is 5.17. The van der Waals surface area contributed by atoms with Crippen LogP contribution < -0.4 is 5.56 Å². The van der Waals surface area contributed by atoms with Gasteiger partial charge in [-0.25, -0.2) is 4.98 Å². The molecule has 1 aromatic heterocycles. The molecule has 1 aliphatic heterocycles. The van der Waals surface area contributed by atoms with Crippen molar-refractivity contribution >= 4 is 40.2 Å². The molecular weight excluding hydrogens is 446 g/mol. The Kier molecular flexibility index (Phi) is 7.18. The molecule has 0 aliphatic carbocycles. The van der Waals surface area contributed by atoms with Crippen LogP contribution in [-0.4, -0.2) is 45.9 Å². The summed E-state index contributed by atoms with van der Waals surface area (Å²) >= 11 is 7.40. The summed E-state index contributed by atoms with van der Waals surface area (Å²) in [5.74, 6) is 0.161. The second kappa shape index (κ2) is 10.1. The maximum Gasteiger partial charge on any atom is 0.262 e. The SMILES string of the molecule is Cc1ccccc1CN(C)C(=O)CSc1nc2cc(Cl)ccc2c(=O)n1C[C@@H]1CCCO1. The molecule has 0 spiro atoms. The summed E-state index contributed by atoms with van der Waals surface area (Å²) < 4.78 is 7.39. The topological polar surface area (TPSA) is 64.4 Å². The lowest BCUT2D eigenvalue weighted by molar-refractivity contribution is -0.127. The smallest absolute Gasteiger partial charge is 0.262 e. The molecule has 168 valence electrons. The van der Waals surface area contributed by atoms with E-state index < -0.39 is 0 Å². The van der Waals surface area contributed by atoms with E-state index in [-0.39, 0.29) is 23.3 Å². The minimum absolute atomic E-state index is 0.0157. The molecular formula is C24H26ClN3O3S. The van der Waals surface area contributed by atoms with E-state index in [1.165, 1.54) is 11.8 Å². The zero-order chi connectivity index (χ0) is 22.7. The Balaban J connectivity index is 1.56. The highest BCUT2D eigenvalue weighted by atomic mass is 35.5. The standard InChI is InChI=1S/C24H26ClN3O3S/c1-16-6-3-4-7-17(16)13-27(2)22(29)15-32-24-26-21-12-18(25)9-10-20(21)23(30)28(24)14-19-8-5-11-31-19/h3-4,6-7,9-10,12,19H,5,8,11,13-15H2,1-2H3/t19-/m0/s1. The number of fused-ring (bicyclic) bond motifs is 1. The molecule has 8 heteroatoms. The molecule has 1 amide bonds. The van der Waals surface area contributed by atoms with Gasteiger partial charge in [-0.1, -0.05) is 47.6 Å². The molecule has 2 heterocycles. The quantitative estimate of drug-likeness (QED) is 0.380. The van der Waals surface area contributed by atoms with Gasteiger partial charge in [-0.2, -0.15) is 0 Å². The van der Waals surface area contributed by atoms with Crippen LogP contribution in [0.5, 0.6) is 0 Å². The summed E-state index contributed by atoms with van der Waals surface area (Å²) in [5, 5.41) is 1.55. The molecule has 1 atom stereocenters. The second-order valence-corrected chi connectivity index (χ2v) is 9.45. The minimum Gasteiger partial charge on any atom is -0.376 e. The molecule has 1 fully saturated rings. The number of amides is 1. The number of ether oxygens (including phenoxy) is 1. The first-order chi connectivity index (χ1) is 15.4. The predicted octanol–water partition coefficient (Wildman–Crippen LogP) is 4.29. The van der Waals surface area contributed by atoms with Crippen molar-refractivity contribution in [1.82, 2.24) is 14.5 Å². The molecule has 6 nitrogen and oxygen atoms in total. The van der Waals surface area contributed by atoms with E-state index in [1.54, 1.807) is 34.7 Å². The Morgan fingerprint density at radius 3 is 2.88 bits per heavy atom. The number of hydrogen-bond donors (Lipinski definition) is 0. The molecule has 0 bridgehead atoms. The number of thioether (sulfide) groups is 1. The molecule has 2 aromatic carbocycles. The number of nitrogens with zero attached hydrogens (tertiary/aromatic N) is 3. The highest BCUT2D eigenvalue weighted by Crippen LogP contribution is 2.23. The first-order valence-corrected chi connectivity index (χ1v) is 12.0. The number of rotatable bonds is 7. The zero-order valence-corrected chi connectivity index (χ0v) is 19.8. The molecule has 0 radical (unpaired) electrons. The van der Waals surface area contributed by atoms with Gasteiger partial charge >= 0.3 is 0 Å². The monoisotopic (exact) mass is 471 g/mol. The Bertz CT molecular complexity index is 1190. The summed E-state index contributed by atoms with van der Waals surface area (Å²) in [6.07, 6.45) is 1.88. The first kappa shape index (κ1) is 22.8. The van der Waals surface area contributed by atoms with Crippen molar-refractivity contribution in [1.29, 1.82) is 0 Å². The van der Waals surface area contributed by atoms with Gasteiger partial charge < -0.3 is 9.64 Å². The Labute approximate surface area is 196 Å². The lowest BCUT2D eigenvalue weighted by Gasteiger charge is -2.19. The van der Waals surface area contributed by atoms with E-state index in [2.05, 4.69) is 4.98 Å². The number of hydrogen-bond acceptors (Lipinski definition) is 5. The molecule has 1 aliphatic rings. The van der Waals surface area contributed by atoms with Gasteiger partial charge in [0.05, 0.1) is 29.3 Å². The van der Waals surface area contributed by atoms with Crippen LogP contribution in [0.2, 0.25) is 5.02 Å². The van der Waals surface area contributed by atoms with Crippen LogP contribution in [0.15, 0.2) is 52.4 Å². The Hall–Kier alpha value is -2.35. The molecule has 0 N–H and O–H groups in total. The molecule has 0 unspecified atom stereocenters. The van der Waals surface area contributed by atoms with E-state index in [0.29, 0.717) is 40.8 Å². The normalized spacial score (nSPS) is 15.9. The van der Waals surface area contributed by atoms with Crippen LogP contribution in [0.3, 0.4) is 0 Å². The number of benzene rings is 2. The number of carbonyl (C=O) groups excluding carboxylic acids is 1. The van der Waals surface area contributed by atoms with Gasteiger partial charge in [-0.05, 0) is 49.1 Å². The van der Waals surface area contributed by atoms with Crippen molar-refractivity contribution in [2.75, 3.05) is 19.4 Å². The summed E-state index contributed by atoms with van der Waals surface area (Å²) in [4.78, 5) is 32.4. The summed E-state index contributed by atoms with van der Waals surface area (Å²) in [6, 6.07) is 13.1. The van der Waals surface area contributed by atoms with Crippen molar-refractivity contribution in [3.8, 4) is 0 Å². The van der Waals surface area contributed by atoms with Crippen molar-refractivity contribution in [2.24, 2.45) is 0 Å². The maximum atomic E-state index is 13.2. The van der Waals surface area contributed by atoms with Crippen molar-refractivity contribution in [2.45, 2.75) is 44.1 Å². The van der Waals surface area contributed by atoms with Gasteiger partial charge in [-0.15, -0.1) is 0 Å². The molecule has 32 heavy (non-hydrogen) atoms. The average Bonchev–Trinajstić information content (AvgIpc) is 3.29. The fourth-order valence-electron chi connectivity index (χ4n) is 3.80. The number of carbonyl (C=O) groups is 1. The maximum absolute atomic E-state index is 13.2. The number of aryl methyl sites for hydroxylation is 1. The fourth-order valence-corrected chi connectivity index (χ4v) is 4.92. The van der Waals surface area contributed by atoms with Gasteiger partial charge in [-0.3, -0.25) is 14.2 Å². The zero-order valence-electron chi connectivity index (χ0n) is 18.2. The van der Waals surface area contributed by atoms with Gasteiger partial charge in [0, 0.05) is 25.2 Å². The molecule has 3 aromatic rings. The van der Waals surface area contributed by atoms with Gasteiger partial charge in [0.15, 0.2) is 5.16 Å². The third-order valence-electron chi connectivity index (χ3n) is 5.71. The van der Waals surface area contributed by atoms with Crippen molar-refractivity contribution < 1.29 is 9.53 Å². The minimum atomic E-state index is -0.134. The van der Waals surface area contributed by atoms with Crippen LogP contribution in [0.25, 0.3) is 10.9 Å². The van der Waals surface area contributed by atoms with E-state index in [0.717, 1.165) is 24.0 Å². The van der Waals surface area contributed by atoms with Crippen LogP contribution >= 0.6 is 23.4 Å². The van der Waals surface area contributed by atoms with Crippen LogP contribution in [0.1, 0.15) is 24.0 Å². The van der Waals surface area contributed by atoms with Crippen LogP contribution in [0, 0.1) is 6.92 Å². The number of halogens is 1. The van der Waals surface area contributed by atoms with Gasteiger partial charge in [0.1, 0.15) is 0 Å². The first-order valence-electron chi connectivity index (χ1n) is 10.7. The van der Waals surface area contributed by atoms with E-state index in [4.69, 9.17) is 16.3 Å². The fraction of sp³-hybridized carbons (Fsp3) is 0.375. The van der Waals surface area contributed by atoms with Crippen LogP contribution in [0.4, 0.5) is 0 Å². The molecule has 4 rings (SSSR count). The molecule has 0 saturated carbocycles. The van der Waals surface area contributed by atoms with Crippen LogP contribution in [-0.2, 0) is 22.6 Å². The Morgan fingerprint density at radius 1 is 1.31 bits per heavy atom. The second-order valence-electron chi connectivity index (χ2n) is 8.07. The van der Waals surface area contributed by atoms with Crippen molar-refractivity contribution in [3.63, 3.8) is 0 Å². The van der Waals surface area contributed by atoms with Crippen molar-refractivity contribution in [3.05, 3.63) is 69.0 Å². The summed E-state index contributed by atoms with van der Waals surface area (Å²) in [7, 11) is 1.79. The largest absolute Gasteiger partial charge is 0.376 e. The summed E-state index contributed by atoms with van der Waals surface area (Å²) in [5.41, 5.74) is 2.67. The number of aromatic nitrogens is 2. The van der Waals surface area contributed by atoms with E-state index in [1.807, 2.05) is 31.2 Å². The Morgan fingerprint density at radius 2 is 2.12 bits per heavy atom. The van der Waals surface area contributed by atoms with E-state index >= 15 is 0 Å². The highest BCUT2D eigenvalue weighted by Gasteiger charge is 2.21. The summed E-state index contributed by atoms with van der Waals surface area (Å²) in [6.45, 7) is 3.71. The lowest BCUT2D eigenvalue weighted by Crippen LogP contribution is -2.30. The van der Waals surface area contributed by atoms with Gasteiger partial charge in [0.25, 0.3) is 5.56 Å². The highest BCUT2D eigenvalue weighted by molar-refractivity contribution is 7.99. The molecule has 1 saturated heterocycles. The van der Waals surface area contributed by atoms with E-state index in [9.17, 15) is 9.59 Å². The predicted molar refractivity (Wildman–Crippen MR) is 128 cm³/mol. The third-order valence-corrected chi connectivity index (χ3v) is 6.91.